The number of hydrogen-bond acceptors (Lipinski definition) is 1. The standard InChI is InChI=1S/C20H21N/c1-14-13-20(2)16-11-7-8-12-17(16)21(3)19(20)18(14)15-9-5-4-6-10-15/h4-12,19H,13H2,1-3H3/t19-,20-/m1/s1. The number of rotatable bonds is 1. The monoisotopic (exact) mass is 275 g/mol. The number of anilines is 1. The Morgan fingerprint density at radius 1 is 1.00 bits per heavy atom. The molecular formula is C20H21N. The third-order valence-corrected chi connectivity index (χ3v) is 5.34. The highest BCUT2D eigenvalue weighted by atomic mass is 15.2. The van der Waals surface area contributed by atoms with Crippen LogP contribution in [-0.2, 0) is 5.41 Å². The number of hydrogen-bond donors (Lipinski definition) is 0. The van der Waals surface area contributed by atoms with Gasteiger partial charge in [-0.25, -0.2) is 0 Å². The van der Waals surface area contributed by atoms with Gasteiger partial charge < -0.3 is 4.90 Å². The zero-order valence-electron chi connectivity index (χ0n) is 12.9. The summed E-state index contributed by atoms with van der Waals surface area (Å²) < 4.78 is 0. The maximum atomic E-state index is 2.48. The number of fused-ring (bicyclic) bond motifs is 3. The van der Waals surface area contributed by atoms with Gasteiger partial charge in [0.25, 0.3) is 0 Å². The molecule has 2 aromatic carbocycles. The third kappa shape index (κ3) is 1.58. The van der Waals surface area contributed by atoms with Gasteiger partial charge in [0.1, 0.15) is 0 Å². The molecule has 0 saturated carbocycles. The van der Waals surface area contributed by atoms with Gasteiger partial charge in [0.05, 0.1) is 6.04 Å². The molecule has 0 amide bonds. The van der Waals surface area contributed by atoms with Crippen molar-refractivity contribution >= 4 is 11.3 Å². The summed E-state index contributed by atoms with van der Waals surface area (Å²) in [7, 11) is 2.25. The summed E-state index contributed by atoms with van der Waals surface area (Å²) in [5.41, 5.74) is 7.55. The van der Waals surface area contributed by atoms with Crippen LogP contribution in [0.1, 0.15) is 31.4 Å². The third-order valence-electron chi connectivity index (χ3n) is 5.34. The summed E-state index contributed by atoms with van der Waals surface area (Å²) in [5.74, 6) is 0. The second-order valence-electron chi connectivity index (χ2n) is 6.68. The highest BCUT2D eigenvalue weighted by Crippen LogP contribution is 2.56. The molecular weight excluding hydrogens is 254 g/mol. The first-order valence-corrected chi connectivity index (χ1v) is 7.70. The van der Waals surface area contributed by atoms with Crippen molar-refractivity contribution < 1.29 is 0 Å². The average Bonchev–Trinajstić information content (AvgIpc) is 2.89. The van der Waals surface area contributed by atoms with E-state index in [4.69, 9.17) is 0 Å². The van der Waals surface area contributed by atoms with Gasteiger partial charge in [-0.15, -0.1) is 0 Å². The summed E-state index contributed by atoms with van der Waals surface area (Å²) in [4.78, 5) is 2.48. The van der Waals surface area contributed by atoms with Crippen molar-refractivity contribution in [2.75, 3.05) is 11.9 Å². The van der Waals surface area contributed by atoms with Crippen LogP contribution >= 0.6 is 0 Å². The molecule has 0 radical (unpaired) electrons. The van der Waals surface area contributed by atoms with Crippen LogP contribution in [0.5, 0.6) is 0 Å². The van der Waals surface area contributed by atoms with E-state index in [1.807, 2.05) is 0 Å². The maximum absolute atomic E-state index is 2.48. The van der Waals surface area contributed by atoms with Crippen molar-refractivity contribution in [3.63, 3.8) is 0 Å². The maximum Gasteiger partial charge on any atom is 0.0642 e. The van der Waals surface area contributed by atoms with Gasteiger partial charge in [-0.1, -0.05) is 61.0 Å². The fourth-order valence-electron chi connectivity index (χ4n) is 4.58. The van der Waals surface area contributed by atoms with Crippen molar-refractivity contribution in [3.8, 4) is 0 Å². The molecule has 0 aromatic heterocycles. The minimum absolute atomic E-state index is 0.209. The van der Waals surface area contributed by atoms with E-state index in [1.54, 1.807) is 0 Å². The van der Waals surface area contributed by atoms with Crippen LogP contribution in [0.4, 0.5) is 5.69 Å². The molecule has 2 aromatic rings. The van der Waals surface area contributed by atoms with Gasteiger partial charge in [0.15, 0.2) is 0 Å². The number of nitrogens with zero attached hydrogens (tertiary/aromatic N) is 1. The predicted molar refractivity (Wildman–Crippen MR) is 89.6 cm³/mol. The lowest BCUT2D eigenvalue weighted by Gasteiger charge is -2.31. The van der Waals surface area contributed by atoms with Crippen LogP contribution in [-0.4, -0.2) is 13.1 Å². The lowest BCUT2D eigenvalue weighted by molar-refractivity contribution is 0.474. The molecule has 0 N–H and O–H groups in total. The number of benzene rings is 2. The number of likely N-dealkylation sites (N-methyl/N-ethyl adjacent to an activating group) is 1. The minimum Gasteiger partial charge on any atom is -0.366 e. The fourth-order valence-corrected chi connectivity index (χ4v) is 4.58. The van der Waals surface area contributed by atoms with E-state index in [9.17, 15) is 0 Å². The predicted octanol–water partition coefficient (Wildman–Crippen LogP) is 4.64. The summed E-state index contributed by atoms with van der Waals surface area (Å²) in [5, 5.41) is 0. The Morgan fingerprint density at radius 2 is 1.67 bits per heavy atom. The number of allylic oxidation sites excluding steroid dienone is 1. The SMILES string of the molecule is CC1=C(c2ccccc2)[C@H]2N(C)c3ccccc3[C@@]2(C)C1. The van der Waals surface area contributed by atoms with Crippen LogP contribution in [0, 0.1) is 0 Å². The molecule has 2 atom stereocenters. The smallest absolute Gasteiger partial charge is 0.0642 e. The Balaban J connectivity index is 1.90. The van der Waals surface area contributed by atoms with Crippen molar-refractivity contribution in [2.24, 2.45) is 0 Å². The molecule has 106 valence electrons. The van der Waals surface area contributed by atoms with E-state index >= 15 is 0 Å². The van der Waals surface area contributed by atoms with Gasteiger partial charge in [-0.3, -0.25) is 0 Å². The normalized spacial score (nSPS) is 27.0. The zero-order chi connectivity index (χ0) is 14.6. The van der Waals surface area contributed by atoms with Crippen LogP contribution in [0.3, 0.4) is 0 Å². The highest BCUT2D eigenvalue weighted by molar-refractivity contribution is 5.85. The molecule has 0 bridgehead atoms. The molecule has 1 aliphatic carbocycles. The van der Waals surface area contributed by atoms with Crippen LogP contribution in [0.2, 0.25) is 0 Å². The first-order chi connectivity index (χ1) is 10.1. The first-order valence-electron chi connectivity index (χ1n) is 7.70. The summed E-state index contributed by atoms with van der Waals surface area (Å²) in [6.45, 7) is 4.74. The molecule has 1 nitrogen and oxygen atoms in total. The molecule has 4 rings (SSSR count). The Bertz CT molecular complexity index is 729. The zero-order valence-corrected chi connectivity index (χ0v) is 12.9. The Hall–Kier alpha value is -2.02. The largest absolute Gasteiger partial charge is 0.366 e. The second kappa shape index (κ2) is 4.24. The van der Waals surface area contributed by atoms with Crippen molar-refractivity contribution in [1.29, 1.82) is 0 Å². The lowest BCUT2D eigenvalue weighted by atomic mass is 9.77. The van der Waals surface area contributed by atoms with E-state index in [-0.39, 0.29) is 5.41 Å². The first kappa shape index (κ1) is 12.7. The van der Waals surface area contributed by atoms with E-state index < -0.39 is 0 Å². The summed E-state index contributed by atoms with van der Waals surface area (Å²) in [6.07, 6.45) is 1.16. The van der Waals surface area contributed by atoms with Gasteiger partial charge in [0, 0.05) is 18.2 Å². The average molecular weight is 275 g/mol. The van der Waals surface area contributed by atoms with Crippen LogP contribution in [0.15, 0.2) is 60.2 Å². The van der Waals surface area contributed by atoms with Crippen molar-refractivity contribution in [2.45, 2.75) is 31.7 Å². The van der Waals surface area contributed by atoms with Gasteiger partial charge >= 0.3 is 0 Å². The summed E-state index contributed by atoms with van der Waals surface area (Å²) >= 11 is 0. The van der Waals surface area contributed by atoms with Crippen molar-refractivity contribution in [1.82, 2.24) is 0 Å². The topological polar surface area (TPSA) is 3.24 Å². The number of para-hydroxylation sites is 1. The van der Waals surface area contributed by atoms with E-state index in [1.165, 1.54) is 28.0 Å². The van der Waals surface area contributed by atoms with Crippen LogP contribution in [0.25, 0.3) is 5.57 Å². The molecule has 0 fully saturated rings. The van der Waals surface area contributed by atoms with Crippen LogP contribution < -0.4 is 4.90 Å². The molecule has 21 heavy (non-hydrogen) atoms. The second-order valence-corrected chi connectivity index (χ2v) is 6.68. The van der Waals surface area contributed by atoms with Gasteiger partial charge in [-0.05, 0) is 36.1 Å². The molecule has 1 aliphatic heterocycles. The molecule has 1 heterocycles. The summed E-state index contributed by atoms with van der Waals surface area (Å²) in [6, 6.07) is 20.3. The Labute approximate surface area is 126 Å². The minimum atomic E-state index is 0.209. The van der Waals surface area contributed by atoms with Gasteiger partial charge in [0.2, 0.25) is 0 Å². The van der Waals surface area contributed by atoms with E-state index in [2.05, 4.69) is 80.4 Å². The Kier molecular flexibility index (Phi) is 2.56. The molecule has 2 aliphatic rings. The van der Waals surface area contributed by atoms with Crippen molar-refractivity contribution in [3.05, 3.63) is 71.3 Å². The fraction of sp³-hybridized carbons (Fsp3) is 0.300. The van der Waals surface area contributed by atoms with Gasteiger partial charge in [-0.2, -0.15) is 0 Å². The molecule has 0 unspecified atom stereocenters. The Morgan fingerprint density at radius 3 is 2.43 bits per heavy atom. The highest BCUT2D eigenvalue weighted by Gasteiger charge is 2.52. The lowest BCUT2D eigenvalue weighted by Crippen LogP contribution is -2.38. The molecule has 0 saturated heterocycles. The quantitative estimate of drug-likeness (QED) is 0.733. The molecule has 0 spiro atoms. The van der Waals surface area contributed by atoms with E-state index in [0.29, 0.717) is 6.04 Å². The molecule has 1 heteroatoms. The van der Waals surface area contributed by atoms with E-state index in [0.717, 1.165) is 6.42 Å².